The summed E-state index contributed by atoms with van der Waals surface area (Å²) in [5.41, 5.74) is 2.25. The van der Waals surface area contributed by atoms with E-state index in [1.807, 2.05) is 6.08 Å². The number of ketones is 1. The minimum atomic E-state index is -0.372. The van der Waals surface area contributed by atoms with Gasteiger partial charge in [0.2, 0.25) is 0 Å². The molecule has 0 bridgehead atoms. The van der Waals surface area contributed by atoms with Gasteiger partial charge in [-0.3, -0.25) is 4.79 Å². The van der Waals surface area contributed by atoms with Crippen LogP contribution in [0.25, 0.3) is 0 Å². The van der Waals surface area contributed by atoms with Crippen molar-refractivity contribution in [2.75, 3.05) is 0 Å². The smallest absolute Gasteiger partial charge is 0.162 e. The number of carbonyl (C=O) groups is 1. The lowest BCUT2D eigenvalue weighted by molar-refractivity contribution is -0.130. The molecule has 3 aliphatic rings. The van der Waals surface area contributed by atoms with Crippen molar-refractivity contribution >= 4 is 5.78 Å². The Morgan fingerprint density at radius 2 is 2.00 bits per heavy atom. The lowest BCUT2D eigenvalue weighted by Gasteiger charge is -2.52. The molecule has 0 heterocycles. The van der Waals surface area contributed by atoms with Gasteiger partial charge < -0.3 is 5.11 Å². The maximum atomic E-state index is 12.7. The van der Waals surface area contributed by atoms with Crippen molar-refractivity contribution in [2.24, 2.45) is 28.6 Å². The average molecular weight is 302 g/mol. The first kappa shape index (κ1) is 16.0. The quantitative estimate of drug-likeness (QED) is 0.734. The van der Waals surface area contributed by atoms with Crippen molar-refractivity contribution in [1.29, 1.82) is 0 Å². The molecule has 3 rings (SSSR count). The molecule has 0 aromatic heterocycles. The van der Waals surface area contributed by atoms with E-state index in [0.29, 0.717) is 23.5 Å². The van der Waals surface area contributed by atoms with Crippen LogP contribution in [-0.2, 0) is 4.79 Å². The van der Waals surface area contributed by atoms with Crippen LogP contribution in [0.3, 0.4) is 0 Å². The molecule has 22 heavy (non-hydrogen) atoms. The van der Waals surface area contributed by atoms with E-state index in [4.69, 9.17) is 0 Å². The fourth-order valence-corrected chi connectivity index (χ4v) is 5.40. The fourth-order valence-electron chi connectivity index (χ4n) is 5.40. The van der Waals surface area contributed by atoms with Gasteiger partial charge in [0, 0.05) is 5.41 Å². The van der Waals surface area contributed by atoms with Crippen molar-refractivity contribution in [3.05, 3.63) is 23.8 Å². The summed E-state index contributed by atoms with van der Waals surface area (Å²) in [6.07, 6.45) is 6.34. The molecular formula is C20H30O2. The number of carbonyl (C=O) groups excluding carboxylic acids is 1. The van der Waals surface area contributed by atoms with Gasteiger partial charge in [-0.2, -0.15) is 0 Å². The third-order valence-corrected chi connectivity index (χ3v) is 6.99. The van der Waals surface area contributed by atoms with Gasteiger partial charge in [-0.15, -0.1) is 0 Å². The molecule has 3 aliphatic carbocycles. The predicted octanol–water partition coefficient (Wildman–Crippen LogP) is 4.29. The zero-order chi connectivity index (χ0) is 16.3. The maximum Gasteiger partial charge on any atom is 0.162 e. The van der Waals surface area contributed by atoms with Gasteiger partial charge in [0.25, 0.3) is 0 Å². The van der Waals surface area contributed by atoms with Gasteiger partial charge in [-0.05, 0) is 66.9 Å². The third kappa shape index (κ3) is 2.14. The average Bonchev–Trinajstić information content (AvgIpc) is 2.64. The first-order valence-corrected chi connectivity index (χ1v) is 8.81. The van der Waals surface area contributed by atoms with Gasteiger partial charge in [-0.25, -0.2) is 0 Å². The molecular weight excluding hydrogens is 272 g/mol. The molecule has 0 aliphatic heterocycles. The van der Waals surface area contributed by atoms with Crippen LogP contribution in [0.4, 0.5) is 0 Å². The monoisotopic (exact) mass is 302 g/mol. The lowest BCUT2D eigenvalue weighted by Crippen LogP contribution is -2.48. The molecule has 5 atom stereocenters. The Morgan fingerprint density at radius 3 is 2.64 bits per heavy atom. The Kier molecular flexibility index (Phi) is 3.67. The molecule has 1 N–H and O–H groups in total. The van der Waals surface area contributed by atoms with E-state index in [-0.39, 0.29) is 16.9 Å². The van der Waals surface area contributed by atoms with E-state index in [2.05, 4.69) is 34.3 Å². The van der Waals surface area contributed by atoms with Gasteiger partial charge in [0.05, 0.1) is 6.10 Å². The summed E-state index contributed by atoms with van der Waals surface area (Å²) in [5.74, 6) is 1.61. The first-order chi connectivity index (χ1) is 10.2. The van der Waals surface area contributed by atoms with Crippen LogP contribution in [-0.4, -0.2) is 17.0 Å². The maximum absolute atomic E-state index is 12.7. The molecule has 2 saturated carbocycles. The molecule has 2 nitrogen and oxygen atoms in total. The van der Waals surface area contributed by atoms with Crippen LogP contribution in [0.2, 0.25) is 0 Å². The summed E-state index contributed by atoms with van der Waals surface area (Å²) in [5, 5.41) is 10.4. The van der Waals surface area contributed by atoms with E-state index in [1.165, 1.54) is 5.57 Å². The third-order valence-electron chi connectivity index (χ3n) is 6.99. The highest BCUT2D eigenvalue weighted by Gasteiger charge is 2.58. The van der Waals surface area contributed by atoms with Crippen molar-refractivity contribution in [3.8, 4) is 0 Å². The number of allylic oxidation sites excluding steroid dienone is 2. The van der Waals surface area contributed by atoms with Gasteiger partial charge in [0.15, 0.2) is 5.78 Å². The predicted molar refractivity (Wildman–Crippen MR) is 89.4 cm³/mol. The van der Waals surface area contributed by atoms with Crippen molar-refractivity contribution < 1.29 is 9.90 Å². The van der Waals surface area contributed by atoms with Crippen molar-refractivity contribution in [1.82, 2.24) is 0 Å². The highest BCUT2D eigenvalue weighted by atomic mass is 16.3. The molecule has 122 valence electrons. The van der Waals surface area contributed by atoms with E-state index in [1.54, 1.807) is 0 Å². The summed E-state index contributed by atoms with van der Waals surface area (Å²) in [6.45, 7) is 13.0. The van der Waals surface area contributed by atoms with Crippen LogP contribution in [0.1, 0.15) is 59.8 Å². The number of hydrogen-bond donors (Lipinski definition) is 1. The van der Waals surface area contributed by atoms with Crippen LogP contribution >= 0.6 is 0 Å². The molecule has 0 radical (unpaired) electrons. The number of aliphatic hydroxyl groups is 1. The van der Waals surface area contributed by atoms with Crippen molar-refractivity contribution in [2.45, 2.75) is 65.9 Å². The Hall–Kier alpha value is -0.890. The summed E-state index contributed by atoms with van der Waals surface area (Å²) < 4.78 is 0. The van der Waals surface area contributed by atoms with E-state index < -0.39 is 0 Å². The Morgan fingerprint density at radius 1 is 1.32 bits per heavy atom. The zero-order valence-electron chi connectivity index (χ0n) is 14.5. The SMILES string of the molecule is C=C1CC[C@@H]2[C@H]3C(C(C)C)=CC(=O)[C@@]3(C)CC[C@@]2(C)C[C@H]1O. The molecule has 0 amide bonds. The summed E-state index contributed by atoms with van der Waals surface area (Å²) in [6, 6.07) is 0. The molecule has 0 aromatic carbocycles. The minimum Gasteiger partial charge on any atom is -0.389 e. The van der Waals surface area contributed by atoms with Crippen LogP contribution < -0.4 is 0 Å². The van der Waals surface area contributed by atoms with Crippen LogP contribution in [0.5, 0.6) is 0 Å². The second-order valence-electron chi connectivity index (χ2n) is 8.74. The zero-order valence-corrected chi connectivity index (χ0v) is 14.5. The molecule has 0 saturated heterocycles. The topological polar surface area (TPSA) is 37.3 Å². The molecule has 2 heteroatoms. The Labute approximate surface area is 134 Å². The normalized spacial score (nSPS) is 45.4. The minimum absolute atomic E-state index is 0.127. The molecule has 0 aromatic rings. The van der Waals surface area contributed by atoms with Crippen molar-refractivity contribution in [3.63, 3.8) is 0 Å². The number of hydrogen-bond acceptors (Lipinski definition) is 2. The second kappa shape index (κ2) is 5.06. The van der Waals surface area contributed by atoms with Gasteiger partial charge >= 0.3 is 0 Å². The summed E-state index contributed by atoms with van der Waals surface area (Å²) in [4.78, 5) is 12.7. The summed E-state index contributed by atoms with van der Waals surface area (Å²) in [7, 11) is 0. The first-order valence-electron chi connectivity index (χ1n) is 8.81. The highest BCUT2D eigenvalue weighted by Crippen LogP contribution is 2.63. The molecule has 0 spiro atoms. The van der Waals surface area contributed by atoms with Crippen LogP contribution in [0.15, 0.2) is 23.8 Å². The standard InChI is InChI=1S/C20H30O2/c1-12(2)14-10-17(22)20(5)9-8-19(4)11-16(21)13(3)6-7-15(19)18(14)20/h10,12,15-16,18,21H,3,6-9,11H2,1-2,4-5H3/t15-,16-,18-,19+,20-/m1/s1. The van der Waals surface area contributed by atoms with Crippen LogP contribution in [0, 0.1) is 28.6 Å². The van der Waals surface area contributed by atoms with E-state index >= 15 is 0 Å². The largest absolute Gasteiger partial charge is 0.389 e. The highest BCUT2D eigenvalue weighted by molar-refractivity contribution is 5.99. The fraction of sp³-hybridized carbons (Fsp3) is 0.750. The lowest BCUT2D eigenvalue weighted by atomic mass is 9.51. The van der Waals surface area contributed by atoms with Gasteiger partial charge in [0.1, 0.15) is 0 Å². The second-order valence-corrected chi connectivity index (χ2v) is 8.74. The molecule has 0 unspecified atom stereocenters. The Balaban J connectivity index is 2.04. The Bertz CT molecular complexity index is 544. The number of rotatable bonds is 1. The molecule has 2 fully saturated rings. The van der Waals surface area contributed by atoms with E-state index in [0.717, 1.165) is 37.7 Å². The summed E-state index contributed by atoms with van der Waals surface area (Å²) >= 11 is 0. The number of aliphatic hydroxyl groups excluding tert-OH is 1. The number of fused-ring (bicyclic) bond motifs is 3. The van der Waals surface area contributed by atoms with Gasteiger partial charge in [-0.1, -0.05) is 39.8 Å². The van der Waals surface area contributed by atoms with E-state index in [9.17, 15) is 9.90 Å².